The lowest BCUT2D eigenvalue weighted by molar-refractivity contribution is -0.115. The first-order valence-corrected chi connectivity index (χ1v) is 8.51. The van der Waals surface area contributed by atoms with Gasteiger partial charge in [-0.15, -0.1) is 0 Å². The van der Waals surface area contributed by atoms with Crippen LogP contribution in [0.25, 0.3) is 0 Å². The minimum atomic E-state index is -0.0174. The van der Waals surface area contributed by atoms with Crippen molar-refractivity contribution in [3.05, 3.63) is 59.7 Å². The predicted octanol–water partition coefficient (Wildman–Crippen LogP) is 3.14. The maximum Gasteiger partial charge on any atom is 0.243 e. The largest absolute Gasteiger partial charge is 0.360 e. The second-order valence-electron chi connectivity index (χ2n) is 6.80. The zero-order chi connectivity index (χ0) is 17.1. The average molecular weight is 323 g/mol. The van der Waals surface area contributed by atoms with E-state index in [1.165, 1.54) is 11.1 Å². The zero-order valence-electron chi connectivity index (χ0n) is 14.3. The van der Waals surface area contributed by atoms with Gasteiger partial charge in [-0.3, -0.25) is 4.79 Å². The van der Waals surface area contributed by atoms with Crippen molar-refractivity contribution >= 4 is 17.3 Å². The van der Waals surface area contributed by atoms with Gasteiger partial charge in [-0.25, -0.2) is 0 Å². The van der Waals surface area contributed by atoms with Crippen molar-refractivity contribution in [1.82, 2.24) is 0 Å². The zero-order valence-corrected chi connectivity index (χ0v) is 14.3. The number of fused-ring (bicyclic) bond motifs is 1. The third-order valence-corrected chi connectivity index (χ3v) is 4.46. The molecule has 2 aromatic carbocycles. The molecule has 0 aliphatic carbocycles. The highest BCUT2D eigenvalue weighted by molar-refractivity contribution is 5.94. The number of amides is 1. The molecule has 4 nitrogen and oxygen atoms in total. The first-order chi connectivity index (χ1) is 11.5. The smallest absolute Gasteiger partial charge is 0.243 e. The van der Waals surface area contributed by atoms with Crippen LogP contribution in [0, 0.1) is 0 Å². The number of carbonyl (C=O) groups is 1. The number of benzene rings is 2. The van der Waals surface area contributed by atoms with Gasteiger partial charge in [0.15, 0.2) is 0 Å². The first kappa shape index (κ1) is 16.5. The summed E-state index contributed by atoms with van der Waals surface area (Å²) in [6.07, 6.45) is 0.866. The molecule has 2 aromatic rings. The molecule has 0 fully saturated rings. The molecular formula is C20H25N3O. The van der Waals surface area contributed by atoms with Crippen LogP contribution in [0.3, 0.4) is 0 Å². The Kier molecular flexibility index (Phi) is 4.86. The van der Waals surface area contributed by atoms with Gasteiger partial charge in [-0.2, -0.15) is 0 Å². The van der Waals surface area contributed by atoms with Crippen LogP contribution in [0.15, 0.2) is 48.5 Å². The Morgan fingerprint density at radius 2 is 1.92 bits per heavy atom. The highest BCUT2D eigenvalue weighted by Gasteiger charge is 2.23. The lowest BCUT2D eigenvalue weighted by atomic mass is 9.98. The van der Waals surface area contributed by atoms with E-state index < -0.39 is 0 Å². The number of anilines is 2. The van der Waals surface area contributed by atoms with E-state index in [-0.39, 0.29) is 11.9 Å². The average Bonchev–Trinajstić information content (AvgIpc) is 2.55. The summed E-state index contributed by atoms with van der Waals surface area (Å²) >= 11 is 0. The number of nitrogens with two attached hydrogens (primary N) is 1. The quantitative estimate of drug-likeness (QED) is 0.909. The second kappa shape index (κ2) is 7.05. The molecule has 126 valence electrons. The van der Waals surface area contributed by atoms with E-state index in [0.29, 0.717) is 19.0 Å². The van der Waals surface area contributed by atoms with Gasteiger partial charge in [0, 0.05) is 24.0 Å². The van der Waals surface area contributed by atoms with Gasteiger partial charge in [-0.05, 0) is 41.7 Å². The Hall–Kier alpha value is -2.33. The van der Waals surface area contributed by atoms with Crippen LogP contribution in [-0.2, 0) is 11.2 Å². The second-order valence-corrected chi connectivity index (χ2v) is 6.80. The topological polar surface area (TPSA) is 58.4 Å². The van der Waals surface area contributed by atoms with Crippen molar-refractivity contribution in [1.29, 1.82) is 0 Å². The SMILES string of the molecule is CC(C)c1ccc(NC(=O)CN2CC(N)Cc3ccccc32)cc1. The van der Waals surface area contributed by atoms with Crippen LogP contribution in [-0.4, -0.2) is 25.0 Å². The molecule has 4 heteroatoms. The molecule has 1 aliphatic heterocycles. The van der Waals surface area contributed by atoms with Gasteiger partial charge in [0.2, 0.25) is 5.91 Å². The summed E-state index contributed by atoms with van der Waals surface area (Å²) in [7, 11) is 0. The first-order valence-electron chi connectivity index (χ1n) is 8.51. The van der Waals surface area contributed by atoms with E-state index >= 15 is 0 Å². The summed E-state index contributed by atoms with van der Waals surface area (Å²) in [5, 5.41) is 2.98. The maximum absolute atomic E-state index is 12.4. The Labute approximate surface area is 143 Å². The van der Waals surface area contributed by atoms with Crippen molar-refractivity contribution in [2.45, 2.75) is 32.2 Å². The number of rotatable bonds is 4. The number of nitrogens with one attached hydrogen (secondary N) is 1. The van der Waals surface area contributed by atoms with Gasteiger partial charge in [0.1, 0.15) is 0 Å². The summed E-state index contributed by atoms with van der Waals surface area (Å²) in [6.45, 7) is 5.34. The molecular weight excluding hydrogens is 298 g/mol. The van der Waals surface area contributed by atoms with Crippen LogP contribution >= 0.6 is 0 Å². The van der Waals surface area contributed by atoms with Gasteiger partial charge >= 0.3 is 0 Å². The summed E-state index contributed by atoms with van der Waals surface area (Å²) in [5.41, 5.74) is 10.6. The fourth-order valence-corrected chi connectivity index (χ4v) is 3.20. The number of nitrogens with zero attached hydrogens (tertiary/aromatic N) is 1. The predicted molar refractivity (Wildman–Crippen MR) is 99.5 cm³/mol. The van der Waals surface area contributed by atoms with Crippen LogP contribution in [0.1, 0.15) is 30.9 Å². The normalized spacial score (nSPS) is 16.8. The van der Waals surface area contributed by atoms with E-state index in [1.807, 2.05) is 24.3 Å². The third kappa shape index (κ3) is 3.77. The lowest BCUT2D eigenvalue weighted by Gasteiger charge is -2.34. The molecule has 0 saturated heterocycles. The highest BCUT2D eigenvalue weighted by atomic mass is 16.2. The Morgan fingerprint density at radius 3 is 2.62 bits per heavy atom. The molecule has 24 heavy (non-hydrogen) atoms. The van der Waals surface area contributed by atoms with Crippen molar-refractivity contribution < 1.29 is 4.79 Å². The molecule has 3 rings (SSSR count). The minimum absolute atomic E-state index is 0.0174. The molecule has 1 aliphatic rings. The molecule has 0 aromatic heterocycles. The molecule has 3 N–H and O–H groups in total. The number of hydrogen-bond acceptors (Lipinski definition) is 3. The molecule has 0 saturated carbocycles. The van der Waals surface area contributed by atoms with E-state index in [0.717, 1.165) is 17.8 Å². The van der Waals surface area contributed by atoms with Crippen molar-refractivity contribution in [2.75, 3.05) is 23.3 Å². The molecule has 1 heterocycles. The summed E-state index contributed by atoms with van der Waals surface area (Å²) in [5.74, 6) is 0.470. The standard InChI is InChI=1S/C20H25N3O/c1-14(2)15-7-9-18(10-8-15)22-20(24)13-23-12-17(21)11-16-5-3-4-6-19(16)23/h3-10,14,17H,11-13,21H2,1-2H3,(H,22,24). The molecule has 1 atom stereocenters. The van der Waals surface area contributed by atoms with Gasteiger partial charge < -0.3 is 16.0 Å². The van der Waals surface area contributed by atoms with Gasteiger partial charge in [0.05, 0.1) is 6.54 Å². The van der Waals surface area contributed by atoms with E-state index in [9.17, 15) is 4.79 Å². The Morgan fingerprint density at radius 1 is 1.21 bits per heavy atom. The van der Waals surface area contributed by atoms with Crippen LogP contribution < -0.4 is 16.0 Å². The minimum Gasteiger partial charge on any atom is -0.360 e. The summed E-state index contributed by atoms with van der Waals surface area (Å²) in [4.78, 5) is 14.5. The molecule has 1 amide bonds. The van der Waals surface area contributed by atoms with Crippen molar-refractivity contribution in [3.8, 4) is 0 Å². The monoisotopic (exact) mass is 323 g/mol. The maximum atomic E-state index is 12.4. The lowest BCUT2D eigenvalue weighted by Crippen LogP contribution is -2.46. The number of hydrogen-bond donors (Lipinski definition) is 2. The van der Waals surface area contributed by atoms with Crippen LogP contribution in [0.2, 0.25) is 0 Å². The fraction of sp³-hybridized carbons (Fsp3) is 0.350. The molecule has 1 unspecified atom stereocenters. The Balaban J connectivity index is 1.67. The molecule has 0 spiro atoms. The van der Waals surface area contributed by atoms with E-state index in [4.69, 9.17) is 5.73 Å². The van der Waals surface area contributed by atoms with Crippen molar-refractivity contribution in [2.24, 2.45) is 5.73 Å². The third-order valence-electron chi connectivity index (χ3n) is 4.46. The summed E-state index contributed by atoms with van der Waals surface area (Å²) in [6, 6.07) is 16.3. The number of carbonyl (C=O) groups excluding carboxylic acids is 1. The van der Waals surface area contributed by atoms with Crippen molar-refractivity contribution in [3.63, 3.8) is 0 Å². The van der Waals surface area contributed by atoms with Gasteiger partial charge in [-0.1, -0.05) is 44.2 Å². The van der Waals surface area contributed by atoms with E-state index in [1.54, 1.807) is 0 Å². The molecule has 0 radical (unpaired) electrons. The van der Waals surface area contributed by atoms with Crippen LogP contribution in [0.4, 0.5) is 11.4 Å². The number of para-hydroxylation sites is 1. The highest BCUT2D eigenvalue weighted by Crippen LogP contribution is 2.26. The summed E-state index contributed by atoms with van der Waals surface area (Å²) < 4.78 is 0. The van der Waals surface area contributed by atoms with Gasteiger partial charge in [0.25, 0.3) is 0 Å². The van der Waals surface area contributed by atoms with E-state index in [2.05, 4.69) is 48.3 Å². The Bertz CT molecular complexity index is 709. The fourth-order valence-electron chi connectivity index (χ4n) is 3.20. The van der Waals surface area contributed by atoms with Crippen LogP contribution in [0.5, 0.6) is 0 Å². The molecule has 0 bridgehead atoms.